The van der Waals surface area contributed by atoms with Crippen LogP contribution in [0.25, 0.3) is 0 Å². The van der Waals surface area contributed by atoms with Crippen molar-refractivity contribution in [3.8, 4) is 5.75 Å². The molecule has 1 atom stereocenters. The van der Waals surface area contributed by atoms with Crippen molar-refractivity contribution < 1.29 is 13.2 Å². The Hall–Kier alpha value is -1.86. The molecule has 0 amide bonds. The van der Waals surface area contributed by atoms with Gasteiger partial charge in [-0.15, -0.1) is 0 Å². The van der Waals surface area contributed by atoms with Gasteiger partial charge in [-0.2, -0.15) is 0 Å². The summed E-state index contributed by atoms with van der Waals surface area (Å²) in [5.74, 6) is 1.30. The van der Waals surface area contributed by atoms with Crippen molar-refractivity contribution in [1.29, 1.82) is 0 Å². The minimum Gasteiger partial charge on any atom is -0.497 e. The Balaban J connectivity index is 2.21. The zero-order valence-corrected chi connectivity index (χ0v) is 13.1. The molecule has 0 spiro atoms. The molecule has 2 rings (SSSR count). The largest absolute Gasteiger partial charge is 0.497 e. The van der Waals surface area contributed by atoms with Crippen LogP contribution < -0.4 is 9.46 Å². The van der Waals surface area contributed by atoms with E-state index in [1.165, 1.54) is 6.20 Å². The number of aromatic nitrogens is 2. The van der Waals surface area contributed by atoms with Gasteiger partial charge in [-0.3, -0.25) is 0 Å². The minimum absolute atomic E-state index is 0.0759. The lowest BCUT2D eigenvalue weighted by atomic mass is 10.1. The maximum atomic E-state index is 12.3. The average molecular weight is 309 g/mol. The molecule has 0 aliphatic heterocycles. The van der Waals surface area contributed by atoms with Crippen LogP contribution in [0, 0.1) is 6.92 Å². The highest BCUT2D eigenvalue weighted by Crippen LogP contribution is 2.22. The van der Waals surface area contributed by atoms with Crippen LogP contribution in [0.3, 0.4) is 0 Å². The summed E-state index contributed by atoms with van der Waals surface area (Å²) in [4.78, 5) is 6.65. The predicted octanol–water partition coefficient (Wildman–Crippen LogP) is 2.16. The normalized spacial score (nSPS) is 13.1. The first-order valence-corrected chi connectivity index (χ1v) is 8.12. The molecule has 1 unspecified atom stereocenters. The number of sulfonamides is 1. The quantitative estimate of drug-likeness (QED) is 0.856. The molecule has 0 bridgehead atoms. The number of aryl methyl sites for hydroxylation is 1. The van der Waals surface area contributed by atoms with E-state index in [2.05, 4.69) is 14.7 Å². The molecule has 2 aromatic rings. The summed E-state index contributed by atoms with van der Waals surface area (Å²) in [5.41, 5.74) is 0.887. The van der Waals surface area contributed by atoms with E-state index in [1.807, 2.05) is 31.2 Å². The van der Waals surface area contributed by atoms with Gasteiger partial charge in [-0.05, 0) is 31.0 Å². The summed E-state index contributed by atoms with van der Waals surface area (Å²) in [7, 11) is -2.02. The number of nitrogens with zero attached hydrogens (tertiary/aromatic N) is 1. The van der Waals surface area contributed by atoms with Crippen molar-refractivity contribution >= 4 is 10.0 Å². The molecule has 2 N–H and O–H groups in total. The van der Waals surface area contributed by atoms with Gasteiger partial charge in [0.15, 0.2) is 5.03 Å². The maximum absolute atomic E-state index is 12.3. The first-order valence-electron chi connectivity index (χ1n) is 6.64. The Labute approximate surface area is 124 Å². The van der Waals surface area contributed by atoms with Crippen molar-refractivity contribution in [2.75, 3.05) is 7.11 Å². The highest BCUT2D eigenvalue weighted by atomic mass is 32.2. The summed E-state index contributed by atoms with van der Waals surface area (Å²) in [6.07, 6.45) is 1.96. The molecule has 0 aliphatic rings. The number of aromatic amines is 1. The molecule has 114 valence electrons. The molecule has 0 radical (unpaired) electrons. The molecule has 0 saturated carbocycles. The first kappa shape index (κ1) is 15.5. The second-order valence-electron chi connectivity index (χ2n) is 4.69. The molecule has 7 heteroatoms. The smallest absolute Gasteiger partial charge is 0.258 e. The summed E-state index contributed by atoms with van der Waals surface area (Å²) < 4.78 is 32.4. The number of hydrogen-bond acceptors (Lipinski definition) is 4. The Morgan fingerprint density at radius 3 is 2.48 bits per heavy atom. The van der Waals surface area contributed by atoms with Crippen LogP contribution >= 0.6 is 0 Å². The summed E-state index contributed by atoms with van der Waals surface area (Å²) in [5, 5.41) is 0.0759. The number of rotatable bonds is 6. The second kappa shape index (κ2) is 6.28. The van der Waals surface area contributed by atoms with Gasteiger partial charge in [0, 0.05) is 6.04 Å². The monoisotopic (exact) mass is 309 g/mol. The highest BCUT2D eigenvalue weighted by Gasteiger charge is 2.21. The SMILES string of the molecule is CCC(NS(=O)(=O)c1cnc(C)[nH]1)c1ccc(OC)cc1. The molecule has 1 aromatic carbocycles. The van der Waals surface area contributed by atoms with Crippen LogP contribution in [0.5, 0.6) is 5.75 Å². The molecule has 0 saturated heterocycles. The summed E-state index contributed by atoms with van der Waals surface area (Å²) >= 11 is 0. The lowest BCUT2D eigenvalue weighted by molar-refractivity contribution is 0.414. The molecule has 21 heavy (non-hydrogen) atoms. The maximum Gasteiger partial charge on any atom is 0.258 e. The third-order valence-electron chi connectivity index (χ3n) is 3.19. The van der Waals surface area contributed by atoms with E-state index < -0.39 is 10.0 Å². The van der Waals surface area contributed by atoms with Crippen molar-refractivity contribution in [2.24, 2.45) is 0 Å². The predicted molar refractivity (Wildman–Crippen MR) is 79.7 cm³/mol. The van der Waals surface area contributed by atoms with Gasteiger partial charge in [0.05, 0.1) is 13.3 Å². The molecular weight excluding hydrogens is 290 g/mol. The Morgan fingerprint density at radius 2 is 2.00 bits per heavy atom. The second-order valence-corrected chi connectivity index (χ2v) is 6.37. The van der Waals surface area contributed by atoms with Crippen LogP contribution in [0.1, 0.15) is 30.8 Å². The number of benzene rings is 1. The van der Waals surface area contributed by atoms with Gasteiger partial charge in [-0.1, -0.05) is 19.1 Å². The third kappa shape index (κ3) is 3.62. The van der Waals surface area contributed by atoms with E-state index in [-0.39, 0.29) is 11.1 Å². The molecule has 0 fully saturated rings. The summed E-state index contributed by atoms with van der Waals surface area (Å²) in [6.45, 7) is 3.63. The Bertz CT molecular complexity index is 693. The molecular formula is C14H19N3O3S. The highest BCUT2D eigenvalue weighted by molar-refractivity contribution is 7.89. The molecule has 1 heterocycles. The van der Waals surface area contributed by atoms with Crippen LogP contribution in [0.2, 0.25) is 0 Å². The van der Waals surface area contributed by atoms with Crippen molar-refractivity contribution in [3.63, 3.8) is 0 Å². The van der Waals surface area contributed by atoms with Gasteiger partial charge < -0.3 is 9.72 Å². The van der Waals surface area contributed by atoms with Gasteiger partial charge in [0.2, 0.25) is 0 Å². The Morgan fingerprint density at radius 1 is 1.33 bits per heavy atom. The number of H-pyrrole nitrogens is 1. The van der Waals surface area contributed by atoms with Crippen molar-refractivity contribution in [1.82, 2.24) is 14.7 Å². The fourth-order valence-electron chi connectivity index (χ4n) is 2.01. The minimum atomic E-state index is -3.61. The number of imidazole rings is 1. The van der Waals surface area contributed by atoms with E-state index in [9.17, 15) is 8.42 Å². The van der Waals surface area contributed by atoms with Crippen molar-refractivity contribution in [2.45, 2.75) is 31.3 Å². The van der Waals surface area contributed by atoms with E-state index in [0.717, 1.165) is 11.3 Å². The average Bonchev–Trinajstić information content (AvgIpc) is 2.92. The number of nitrogens with one attached hydrogen (secondary N) is 2. The van der Waals surface area contributed by atoms with Gasteiger partial charge >= 0.3 is 0 Å². The third-order valence-corrected chi connectivity index (χ3v) is 4.57. The molecule has 6 nitrogen and oxygen atoms in total. The number of ether oxygens (including phenoxy) is 1. The van der Waals surface area contributed by atoms with Gasteiger partial charge in [0.25, 0.3) is 10.0 Å². The fourth-order valence-corrected chi connectivity index (χ4v) is 3.29. The van der Waals surface area contributed by atoms with Crippen LogP contribution in [0.4, 0.5) is 0 Å². The van der Waals surface area contributed by atoms with Crippen LogP contribution in [-0.4, -0.2) is 25.5 Å². The lowest BCUT2D eigenvalue weighted by Gasteiger charge is -2.17. The molecule has 0 aliphatic carbocycles. The van der Waals surface area contributed by atoms with Crippen LogP contribution in [0.15, 0.2) is 35.5 Å². The van der Waals surface area contributed by atoms with E-state index in [0.29, 0.717) is 12.2 Å². The van der Waals surface area contributed by atoms with Crippen molar-refractivity contribution in [3.05, 3.63) is 41.9 Å². The van der Waals surface area contributed by atoms with E-state index in [4.69, 9.17) is 4.74 Å². The zero-order valence-electron chi connectivity index (χ0n) is 12.3. The van der Waals surface area contributed by atoms with E-state index in [1.54, 1.807) is 14.0 Å². The first-order chi connectivity index (χ1) is 9.96. The van der Waals surface area contributed by atoms with Gasteiger partial charge in [0.1, 0.15) is 11.6 Å². The fraction of sp³-hybridized carbons (Fsp3) is 0.357. The standard InChI is InChI=1S/C14H19N3O3S/c1-4-13(11-5-7-12(20-3)8-6-11)17-21(18,19)14-9-15-10(2)16-14/h5-9,13,17H,4H2,1-3H3,(H,15,16). The molecule has 1 aromatic heterocycles. The number of hydrogen-bond donors (Lipinski definition) is 2. The zero-order chi connectivity index (χ0) is 15.5. The Kier molecular flexibility index (Phi) is 4.64. The van der Waals surface area contributed by atoms with Gasteiger partial charge in [-0.25, -0.2) is 18.1 Å². The van der Waals surface area contributed by atoms with E-state index >= 15 is 0 Å². The van der Waals surface area contributed by atoms with Crippen LogP contribution in [-0.2, 0) is 10.0 Å². The topological polar surface area (TPSA) is 84.1 Å². The summed E-state index contributed by atoms with van der Waals surface area (Å²) in [6, 6.07) is 7.03. The lowest BCUT2D eigenvalue weighted by Crippen LogP contribution is -2.28. The number of methoxy groups -OCH3 is 1.